The third-order valence-corrected chi connectivity index (χ3v) is 3.47. The molecule has 0 saturated carbocycles. The predicted molar refractivity (Wildman–Crippen MR) is 54.4 cm³/mol. The van der Waals surface area contributed by atoms with Crippen LogP contribution in [0.25, 0.3) is 0 Å². The summed E-state index contributed by atoms with van der Waals surface area (Å²) >= 11 is 5.87. The van der Waals surface area contributed by atoms with Crippen LogP contribution >= 0.6 is 11.1 Å². The fraction of sp³-hybridized carbons (Fsp3) is 0.111. The highest BCUT2D eigenvalue weighted by atomic mass is 35.6. The minimum absolute atomic E-state index is 0.534. The lowest BCUT2D eigenvalue weighted by molar-refractivity contribution is 1.30. The summed E-state index contributed by atoms with van der Waals surface area (Å²) in [5.41, 5.74) is 1.34. The second-order valence-electron chi connectivity index (χ2n) is 2.40. The van der Waals surface area contributed by atoms with Crippen molar-refractivity contribution < 1.29 is 0 Å². The maximum Gasteiger partial charge on any atom is 0.156 e. The van der Waals surface area contributed by atoms with Gasteiger partial charge in [-0.2, -0.15) is 11.1 Å². The van der Waals surface area contributed by atoms with Crippen LogP contribution in [0.3, 0.4) is 0 Å². The van der Waals surface area contributed by atoms with Gasteiger partial charge < -0.3 is 0 Å². The zero-order chi connectivity index (χ0) is 8.10. The summed E-state index contributed by atoms with van der Waals surface area (Å²) in [6.07, 6.45) is 2.86. The summed E-state index contributed by atoms with van der Waals surface area (Å²) in [6, 6.07) is 8.31. The molecule has 1 aromatic rings. The zero-order valence-corrected chi connectivity index (χ0v) is 8.56. The van der Waals surface area contributed by atoms with E-state index in [1.165, 1.54) is 10.8 Å². The van der Waals surface area contributed by atoms with Crippen LogP contribution in [-0.2, 0) is 6.42 Å². The highest BCUT2D eigenvalue weighted by Crippen LogP contribution is 1.97. The quantitative estimate of drug-likeness (QED) is 0.376. The predicted octanol–water partition coefficient (Wildman–Crippen LogP) is 1.36. The van der Waals surface area contributed by atoms with Crippen molar-refractivity contribution in [3.05, 3.63) is 42.5 Å². The molecule has 0 nitrogen and oxygen atoms in total. The molecular formula is C9H11ClSi. The highest BCUT2D eigenvalue weighted by molar-refractivity contribution is 7.01. The summed E-state index contributed by atoms with van der Waals surface area (Å²) in [4.78, 5) is 0. The Balaban J connectivity index is 2.92. The average molecular weight is 183 g/mol. The third-order valence-electron chi connectivity index (χ3n) is 1.63. The van der Waals surface area contributed by atoms with Gasteiger partial charge in [-0.25, -0.2) is 0 Å². The van der Waals surface area contributed by atoms with E-state index in [1.807, 2.05) is 18.2 Å². The second-order valence-corrected chi connectivity index (χ2v) is 4.23. The Labute approximate surface area is 74.4 Å². The van der Waals surface area contributed by atoms with Crippen molar-refractivity contribution in [3.8, 4) is 0 Å². The van der Waals surface area contributed by atoms with Gasteiger partial charge in [-0.3, -0.25) is 0 Å². The lowest BCUT2D eigenvalue weighted by atomic mass is 10.1. The van der Waals surface area contributed by atoms with Gasteiger partial charge in [0.2, 0.25) is 0 Å². The summed E-state index contributed by atoms with van der Waals surface area (Å²) in [7, 11) is -0.534. The minimum atomic E-state index is -0.534. The molecule has 0 atom stereocenters. The molecule has 0 heterocycles. The molecule has 0 amide bonds. The van der Waals surface area contributed by atoms with E-state index in [0.717, 1.165) is 6.42 Å². The average Bonchev–Trinajstić information content (AvgIpc) is 2.06. The molecule has 0 aliphatic carbocycles. The van der Waals surface area contributed by atoms with E-state index in [2.05, 4.69) is 18.7 Å². The molecule has 0 spiro atoms. The summed E-state index contributed by atoms with van der Waals surface area (Å²) < 4.78 is 0. The van der Waals surface area contributed by atoms with E-state index in [-0.39, 0.29) is 0 Å². The smallest absolute Gasteiger partial charge is 0.156 e. The van der Waals surface area contributed by atoms with Crippen LogP contribution in [0.15, 0.2) is 36.9 Å². The van der Waals surface area contributed by atoms with Crippen molar-refractivity contribution in [3.63, 3.8) is 0 Å². The SMILES string of the molecule is C=CCc1ccccc1[SiH2]Cl. The molecule has 0 aliphatic heterocycles. The molecular weight excluding hydrogens is 172 g/mol. The first-order chi connectivity index (χ1) is 5.38. The number of halogens is 1. The van der Waals surface area contributed by atoms with Crippen LogP contribution in [0.1, 0.15) is 5.56 Å². The molecule has 1 rings (SSSR count). The molecule has 2 heteroatoms. The van der Waals surface area contributed by atoms with E-state index >= 15 is 0 Å². The van der Waals surface area contributed by atoms with Gasteiger partial charge in [-0.1, -0.05) is 30.3 Å². The Kier molecular flexibility index (Phi) is 3.40. The molecule has 0 unspecified atom stereocenters. The number of rotatable bonds is 3. The monoisotopic (exact) mass is 182 g/mol. The molecule has 1 aromatic carbocycles. The molecule has 58 valence electrons. The van der Waals surface area contributed by atoms with Crippen LogP contribution in [0, 0.1) is 0 Å². The standard InChI is InChI=1S/C9H11ClSi/c1-2-5-8-6-3-4-7-9(8)11-10/h2-4,6-7H,1,5,11H2. The van der Waals surface area contributed by atoms with Gasteiger partial charge in [0.05, 0.1) is 0 Å². The van der Waals surface area contributed by atoms with Crippen LogP contribution in [0.5, 0.6) is 0 Å². The van der Waals surface area contributed by atoms with E-state index in [9.17, 15) is 0 Å². The van der Waals surface area contributed by atoms with Crippen LogP contribution in [-0.4, -0.2) is 8.83 Å². The Bertz CT molecular complexity index is 245. The Hall–Kier alpha value is -0.533. The van der Waals surface area contributed by atoms with Gasteiger partial charge in [0, 0.05) is 0 Å². The normalized spacial score (nSPS) is 10.6. The number of hydrogen-bond acceptors (Lipinski definition) is 0. The van der Waals surface area contributed by atoms with Crippen molar-refractivity contribution in [2.24, 2.45) is 0 Å². The van der Waals surface area contributed by atoms with Gasteiger partial charge in [-0.15, -0.1) is 6.58 Å². The molecule has 11 heavy (non-hydrogen) atoms. The topological polar surface area (TPSA) is 0 Å². The lowest BCUT2D eigenvalue weighted by Gasteiger charge is -2.01. The van der Waals surface area contributed by atoms with E-state index in [0.29, 0.717) is 0 Å². The minimum Gasteiger partial charge on any atom is -0.170 e. The van der Waals surface area contributed by atoms with E-state index in [1.54, 1.807) is 0 Å². The van der Waals surface area contributed by atoms with Crippen LogP contribution in [0.2, 0.25) is 0 Å². The van der Waals surface area contributed by atoms with Crippen molar-refractivity contribution >= 4 is 25.1 Å². The first kappa shape index (κ1) is 8.56. The first-order valence-corrected chi connectivity index (χ1v) is 6.46. The van der Waals surface area contributed by atoms with Crippen molar-refractivity contribution in [2.75, 3.05) is 0 Å². The summed E-state index contributed by atoms with van der Waals surface area (Å²) in [5.74, 6) is 0. The first-order valence-electron chi connectivity index (χ1n) is 3.62. The van der Waals surface area contributed by atoms with Gasteiger partial charge in [-0.05, 0) is 17.2 Å². The van der Waals surface area contributed by atoms with Crippen molar-refractivity contribution in [2.45, 2.75) is 6.42 Å². The molecule has 0 fully saturated rings. The van der Waals surface area contributed by atoms with E-state index in [4.69, 9.17) is 11.1 Å². The van der Waals surface area contributed by atoms with Gasteiger partial charge in [0.15, 0.2) is 8.83 Å². The Morgan fingerprint density at radius 1 is 1.45 bits per heavy atom. The molecule has 0 aliphatic rings. The maximum atomic E-state index is 5.87. The second kappa shape index (κ2) is 4.37. The van der Waals surface area contributed by atoms with Crippen molar-refractivity contribution in [1.82, 2.24) is 0 Å². The van der Waals surface area contributed by atoms with Crippen LogP contribution < -0.4 is 5.19 Å². The molecule has 0 bridgehead atoms. The maximum absolute atomic E-state index is 5.87. The number of hydrogen-bond donors (Lipinski definition) is 0. The number of benzene rings is 1. The third kappa shape index (κ3) is 2.21. The zero-order valence-electron chi connectivity index (χ0n) is 6.39. The molecule has 0 saturated heterocycles. The molecule has 0 aromatic heterocycles. The summed E-state index contributed by atoms with van der Waals surface area (Å²) in [5, 5.41) is 1.34. The fourth-order valence-electron chi connectivity index (χ4n) is 1.04. The lowest BCUT2D eigenvalue weighted by Crippen LogP contribution is -2.13. The Morgan fingerprint density at radius 3 is 2.82 bits per heavy atom. The Morgan fingerprint density at radius 2 is 2.18 bits per heavy atom. The summed E-state index contributed by atoms with van der Waals surface area (Å²) in [6.45, 7) is 3.70. The van der Waals surface area contributed by atoms with Gasteiger partial charge >= 0.3 is 0 Å². The molecule has 0 N–H and O–H groups in total. The molecule has 0 radical (unpaired) electrons. The fourth-order valence-corrected chi connectivity index (χ4v) is 2.48. The van der Waals surface area contributed by atoms with Crippen LogP contribution in [0.4, 0.5) is 0 Å². The van der Waals surface area contributed by atoms with Crippen molar-refractivity contribution in [1.29, 1.82) is 0 Å². The number of allylic oxidation sites excluding steroid dienone is 1. The van der Waals surface area contributed by atoms with Gasteiger partial charge in [0.1, 0.15) is 0 Å². The highest BCUT2D eigenvalue weighted by Gasteiger charge is 1.96. The van der Waals surface area contributed by atoms with E-state index < -0.39 is 8.83 Å². The largest absolute Gasteiger partial charge is 0.170 e. The van der Waals surface area contributed by atoms with Gasteiger partial charge in [0.25, 0.3) is 0 Å².